The lowest BCUT2D eigenvalue weighted by atomic mass is 10.2. The van der Waals surface area contributed by atoms with E-state index < -0.39 is 5.82 Å². The van der Waals surface area contributed by atoms with Crippen molar-refractivity contribution in [3.8, 4) is 5.75 Å². The number of rotatable bonds is 4. The first-order chi connectivity index (χ1) is 8.19. The summed E-state index contributed by atoms with van der Waals surface area (Å²) in [7, 11) is 0. The van der Waals surface area contributed by atoms with Crippen LogP contribution in [0.4, 0.5) is 4.39 Å². The van der Waals surface area contributed by atoms with Crippen LogP contribution < -0.4 is 4.74 Å². The minimum absolute atomic E-state index is 0.173. The summed E-state index contributed by atoms with van der Waals surface area (Å²) in [6, 6.07) is 8.01. The summed E-state index contributed by atoms with van der Waals surface area (Å²) in [4.78, 5) is 0.931. The summed E-state index contributed by atoms with van der Waals surface area (Å²) >= 11 is 7.17. The minimum Gasteiger partial charge on any atom is -0.485 e. The molecule has 0 atom stereocenters. The van der Waals surface area contributed by atoms with Gasteiger partial charge >= 0.3 is 0 Å². The maximum atomic E-state index is 13.5. The van der Waals surface area contributed by atoms with E-state index in [0.717, 1.165) is 4.88 Å². The number of aliphatic hydroxyl groups excluding tert-OH is 1. The van der Waals surface area contributed by atoms with Crippen molar-refractivity contribution in [2.45, 2.75) is 13.2 Å². The summed E-state index contributed by atoms with van der Waals surface area (Å²) < 4.78 is 19.5. The Balaban J connectivity index is 2.04. The number of hydrogen-bond donors (Lipinski definition) is 1. The van der Waals surface area contributed by atoms with Crippen LogP contribution in [0.25, 0.3) is 0 Å². The number of ether oxygens (including phenoxy) is 1. The standard InChI is InChI=1S/C12H10ClFO2S/c13-12-4-2-9(17-12)7-16-11-3-1-8(6-15)5-10(11)14/h1-5,15H,6-7H2. The summed E-state index contributed by atoms with van der Waals surface area (Å²) in [5.41, 5.74) is 0.522. The molecule has 2 aromatic rings. The molecule has 2 rings (SSSR count). The second kappa shape index (κ2) is 5.49. The maximum absolute atomic E-state index is 13.5. The van der Waals surface area contributed by atoms with Crippen LogP contribution in [0.2, 0.25) is 4.34 Å². The smallest absolute Gasteiger partial charge is 0.165 e. The molecule has 0 radical (unpaired) electrons. The van der Waals surface area contributed by atoms with Crippen molar-refractivity contribution in [3.05, 3.63) is 50.9 Å². The Hall–Kier alpha value is -1.10. The molecule has 0 aliphatic carbocycles. The highest BCUT2D eigenvalue weighted by molar-refractivity contribution is 7.16. The molecule has 0 aliphatic rings. The third kappa shape index (κ3) is 3.19. The first kappa shape index (κ1) is 12.4. The van der Waals surface area contributed by atoms with Gasteiger partial charge in [-0.3, -0.25) is 0 Å². The van der Waals surface area contributed by atoms with Crippen LogP contribution in [0.15, 0.2) is 30.3 Å². The molecule has 1 aromatic heterocycles. The first-order valence-electron chi connectivity index (χ1n) is 4.95. The summed E-state index contributed by atoms with van der Waals surface area (Å²) in [6.45, 7) is 0.102. The number of halogens is 2. The van der Waals surface area contributed by atoms with Gasteiger partial charge in [-0.15, -0.1) is 11.3 Å². The molecule has 0 unspecified atom stereocenters. The van der Waals surface area contributed by atoms with E-state index in [1.165, 1.54) is 23.5 Å². The van der Waals surface area contributed by atoms with E-state index in [9.17, 15) is 4.39 Å². The lowest BCUT2D eigenvalue weighted by Gasteiger charge is -2.06. The zero-order valence-corrected chi connectivity index (χ0v) is 10.4. The van der Waals surface area contributed by atoms with E-state index in [1.807, 2.05) is 6.07 Å². The largest absolute Gasteiger partial charge is 0.485 e. The van der Waals surface area contributed by atoms with Crippen molar-refractivity contribution in [2.24, 2.45) is 0 Å². The van der Waals surface area contributed by atoms with Gasteiger partial charge < -0.3 is 9.84 Å². The fourth-order valence-corrected chi connectivity index (χ4v) is 2.34. The third-order valence-electron chi connectivity index (χ3n) is 2.18. The Morgan fingerprint density at radius 1 is 1.29 bits per heavy atom. The Labute approximate surface area is 107 Å². The minimum atomic E-state index is -0.473. The molecule has 0 saturated heterocycles. The monoisotopic (exact) mass is 272 g/mol. The Bertz CT molecular complexity index is 513. The van der Waals surface area contributed by atoms with E-state index in [-0.39, 0.29) is 19.0 Å². The van der Waals surface area contributed by atoms with Gasteiger partial charge in [0.15, 0.2) is 11.6 Å². The predicted molar refractivity (Wildman–Crippen MR) is 66.0 cm³/mol. The van der Waals surface area contributed by atoms with E-state index in [0.29, 0.717) is 9.90 Å². The van der Waals surface area contributed by atoms with E-state index in [4.69, 9.17) is 21.4 Å². The molecule has 0 aliphatic heterocycles. The molecule has 1 aromatic carbocycles. The van der Waals surface area contributed by atoms with Crippen LogP contribution in [0.3, 0.4) is 0 Å². The normalized spacial score (nSPS) is 10.5. The van der Waals surface area contributed by atoms with Crippen molar-refractivity contribution in [2.75, 3.05) is 0 Å². The molecule has 0 bridgehead atoms. The van der Waals surface area contributed by atoms with Crippen molar-refractivity contribution < 1.29 is 14.2 Å². The van der Waals surface area contributed by atoms with Crippen LogP contribution >= 0.6 is 22.9 Å². The zero-order chi connectivity index (χ0) is 12.3. The van der Waals surface area contributed by atoms with Gasteiger partial charge in [0.2, 0.25) is 0 Å². The highest BCUT2D eigenvalue weighted by atomic mass is 35.5. The van der Waals surface area contributed by atoms with Gasteiger partial charge in [0.1, 0.15) is 6.61 Å². The fraction of sp³-hybridized carbons (Fsp3) is 0.167. The van der Waals surface area contributed by atoms with Gasteiger partial charge in [-0.1, -0.05) is 17.7 Å². The molecule has 90 valence electrons. The van der Waals surface area contributed by atoms with Crippen molar-refractivity contribution in [1.29, 1.82) is 0 Å². The molecular formula is C12H10ClFO2S. The molecule has 1 N–H and O–H groups in total. The highest BCUT2D eigenvalue weighted by Gasteiger charge is 2.05. The van der Waals surface area contributed by atoms with Gasteiger partial charge in [0.05, 0.1) is 10.9 Å². The van der Waals surface area contributed by atoms with Crippen LogP contribution in [0.5, 0.6) is 5.75 Å². The molecule has 1 heterocycles. The third-order valence-corrected chi connectivity index (χ3v) is 3.38. The predicted octanol–water partition coefficient (Wildman–Crippen LogP) is 3.61. The molecule has 2 nitrogen and oxygen atoms in total. The quantitative estimate of drug-likeness (QED) is 0.921. The molecule has 17 heavy (non-hydrogen) atoms. The SMILES string of the molecule is OCc1ccc(OCc2ccc(Cl)s2)c(F)c1. The summed E-state index contributed by atoms with van der Waals surface area (Å²) in [5.74, 6) is -0.300. The van der Waals surface area contributed by atoms with Crippen LogP contribution in [0.1, 0.15) is 10.4 Å². The van der Waals surface area contributed by atoms with E-state index in [1.54, 1.807) is 12.1 Å². The molecule has 0 fully saturated rings. The number of hydrogen-bond acceptors (Lipinski definition) is 3. The van der Waals surface area contributed by atoms with Crippen molar-refractivity contribution >= 4 is 22.9 Å². The van der Waals surface area contributed by atoms with Crippen LogP contribution in [0, 0.1) is 5.82 Å². The molecular weight excluding hydrogens is 263 g/mol. The van der Waals surface area contributed by atoms with Gasteiger partial charge in [-0.25, -0.2) is 4.39 Å². The summed E-state index contributed by atoms with van der Waals surface area (Å²) in [6.07, 6.45) is 0. The highest BCUT2D eigenvalue weighted by Crippen LogP contribution is 2.24. The Morgan fingerprint density at radius 2 is 2.12 bits per heavy atom. The molecule has 5 heteroatoms. The maximum Gasteiger partial charge on any atom is 0.165 e. The molecule has 0 spiro atoms. The van der Waals surface area contributed by atoms with E-state index >= 15 is 0 Å². The lowest BCUT2D eigenvalue weighted by molar-refractivity contribution is 0.277. The van der Waals surface area contributed by atoms with Crippen LogP contribution in [-0.4, -0.2) is 5.11 Å². The van der Waals surface area contributed by atoms with Crippen molar-refractivity contribution in [1.82, 2.24) is 0 Å². The number of aliphatic hydroxyl groups is 1. The lowest BCUT2D eigenvalue weighted by Crippen LogP contribution is -1.96. The topological polar surface area (TPSA) is 29.5 Å². The first-order valence-corrected chi connectivity index (χ1v) is 6.15. The second-order valence-electron chi connectivity index (χ2n) is 3.42. The van der Waals surface area contributed by atoms with E-state index in [2.05, 4.69) is 0 Å². The number of benzene rings is 1. The van der Waals surface area contributed by atoms with Gasteiger partial charge in [0, 0.05) is 4.88 Å². The zero-order valence-electron chi connectivity index (χ0n) is 8.82. The average Bonchev–Trinajstić information content (AvgIpc) is 2.73. The van der Waals surface area contributed by atoms with Crippen LogP contribution in [-0.2, 0) is 13.2 Å². The Kier molecular flexibility index (Phi) is 3.99. The fourth-order valence-electron chi connectivity index (χ4n) is 1.34. The molecule has 0 saturated carbocycles. The van der Waals surface area contributed by atoms with Gasteiger partial charge in [-0.05, 0) is 29.8 Å². The van der Waals surface area contributed by atoms with Crippen molar-refractivity contribution in [3.63, 3.8) is 0 Å². The second-order valence-corrected chi connectivity index (χ2v) is 5.22. The average molecular weight is 273 g/mol. The number of thiophene rings is 1. The Morgan fingerprint density at radius 3 is 2.71 bits per heavy atom. The van der Waals surface area contributed by atoms with Gasteiger partial charge in [0.25, 0.3) is 0 Å². The molecule has 0 amide bonds. The van der Waals surface area contributed by atoms with Gasteiger partial charge in [-0.2, -0.15) is 0 Å². The summed E-state index contributed by atoms with van der Waals surface area (Å²) in [5, 5.41) is 8.84.